The van der Waals surface area contributed by atoms with Gasteiger partial charge in [-0.25, -0.2) is 18.0 Å². The van der Waals surface area contributed by atoms with Gasteiger partial charge in [0.05, 0.1) is 25.4 Å². The molecule has 1 saturated heterocycles. The molecule has 1 aliphatic heterocycles. The van der Waals surface area contributed by atoms with Crippen LogP contribution in [-0.4, -0.2) is 49.6 Å². The molecule has 0 unspecified atom stereocenters. The highest BCUT2D eigenvalue weighted by molar-refractivity contribution is 6.24. The van der Waals surface area contributed by atoms with Crippen LogP contribution in [0.25, 0.3) is 0 Å². The predicted molar refractivity (Wildman–Crippen MR) is 112 cm³/mol. The average molecular weight is 448 g/mol. The van der Waals surface area contributed by atoms with Crippen LogP contribution in [-0.2, 0) is 20.8 Å². The zero-order valence-corrected chi connectivity index (χ0v) is 17.5. The zero-order chi connectivity index (χ0) is 23.1. The lowest BCUT2D eigenvalue weighted by atomic mass is 10.0. The van der Waals surface area contributed by atoms with Crippen LogP contribution >= 0.6 is 0 Å². The van der Waals surface area contributed by atoms with Crippen molar-refractivity contribution in [3.05, 3.63) is 76.7 Å². The van der Waals surface area contributed by atoms with Crippen molar-refractivity contribution < 1.29 is 32.2 Å². The average Bonchev–Trinajstić information content (AvgIpc) is 2.78. The maximum absolute atomic E-state index is 14.5. The fraction of sp³-hybridized carbons (Fsp3) is 0.304. The highest BCUT2D eigenvalue weighted by Gasteiger charge is 2.25. The molecule has 2 aromatic carbocycles. The Morgan fingerprint density at radius 1 is 1.06 bits per heavy atom. The summed E-state index contributed by atoms with van der Waals surface area (Å²) in [6.07, 6.45) is 1.00. The van der Waals surface area contributed by atoms with Gasteiger partial charge in [-0.15, -0.1) is 0 Å². The summed E-state index contributed by atoms with van der Waals surface area (Å²) >= 11 is 0. The fourth-order valence-electron chi connectivity index (χ4n) is 3.17. The van der Waals surface area contributed by atoms with Crippen LogP contribution in [0.15, 0.2) is 48.2 Å². The molecular formula is C23H23F3N2O4. The number of Topliss-reactive ketones (excluding diaryl/α,β-unsaturated/α-hetero) is 1. The van der Waals surface area contributed by atoms with E-state index in [2.05, 4.69) is 10.2 Å². The van der Waals surface area contributed by atoms with Crippen LogP contribution < -0.4 is 5.32 Å². The van der Waals surface area contributed by atoms with Crippen molar-refractivity contribution >= 4 is 17.4 Å². The Balaban J connectivity index is 1.87. The van der Waals surface area contributed by atoms with Crippen LogP contribution in [0.2, 0.25) is 0 Å². The molecule has 3 rings (SSSR count). The van der Waals surface area contributed by atoms with Gasteiger partial charge in [-0.3, -0.25) is 9.69 Å². The van der Waals surface area contributed by atoms with Gasteiger partial charge >= 0.3 is 5.97 Å². The molecule has 0 bridgehead atoms. The van der Waals surface area contributed by atoms with E-state index in [1.165, 1.54) is 18.2 Å². The van der Waals surface area contributed by atoms with Gasteiger partial charge in [0.15, 0.2) is 11.6 Å². The first-order valence-electron chi connectivity index (χ1n) is 10.1. The van der Waals surface area contributed by atoms with Crippen LogP contribution in [0.5, 0.6) is 0 Å². The molecule has 9 heteroatoms. The lowest BCUT2D eigenvalue weighted by Gasteiger charge is -2.26. The number of ether oxygens (including phenoxy) is 2. The quantitative estimate of drug-likeness (QED) is 0.219. The first kappa shape index (κ1) is 23.5. The number of anilines is 1. The highest BCUT2D eigenvalue weighted by atomic mass is 19.2. The third kappa shape index (κ3) is 5.95. The first-order valence-corrected chi connectivity index (χ1v) is 10.1. The molecule has 6 nitrogen and oxygen atoms in total. The van der Waals surface area contributed by atoms with Gasteiger partial charge in [0.1, 0.15) is 11.4 Å². The molecule has 0 aliphatic carbocycles. The lowest BCUT2D eigenvalue weighted by Crippen LogP contribution is -2.35. The number of ketones is 1. The summed E-state index contributed by atoms with van der Waals surface area (Å²) in [6, 6.07) is 7.14. The summed E-state index contributed by atoms with van der Waals surface area (Å²) in [7, 11) is 0. The zero-order valence-electron chi connectivity index (χ0n) is 17.5. The van der Waals surface area contributed by atoms with E-state index in [0.29, 0.717) is 38.4 Å². The first-order chi connectivity index (χ1) is 15.4. The van der Waals surface area contributed by atoms with E-state index >= 15 is 0 Å². The van der Waals surface area contributed by atoms with Gasteiger partial charge in [-0.05, 0) is 36.8 Å². The highest BCUT2D eigenvalue weighted by Crippen LogP contribution is 2.19. The van der Waals surface area contributed by atoms with Crippen molar-refractivity contribution in [1.82, 2.24) is 4.90 Å². The van der Waals surface area contributed by atoms with E-state index in [1.54, 1.807) is 13.0 Å². The predicted octanol–water partition coefficient (Wildman–Crippen LogP) is 3.68. The molecule has 170 valence electrons. The summed E-state index contributed by atoms with van der Waals surface area (Å²) in [5.74, 6) is -4.79. The van der Waals surface area contributed by atoms with E-state index in [-0.39, 0.29) is 17.9 Å². The monoisotopic (exact) mass is 448 g/mol. The number of halogens is 3. The molecule has 1 aliphatic rings. The Kier molecular flexibility index (Phi) is 8.02. The number of hydrogen-bond donors (Lipinski definition) is 1. The minimum Gasteiger partial charge on any atom is -0.462 e. The number of benzene rings is 2. The maximum atomic E-state index is 14.5. The van der Waals surface area contributed by atoms with E-state index < -0.39 is 34.8 Å². The van der Waals surface area contributed by atoms with E-state index in [9.17, 15) is 22.8 Å². The standard InChI is InChI=1S/C23H23F3N2O4/c1-2-32-23(30)18(13-27-16-4-6-20(25)21(26)12-16)22(29)17-11-15(3-5-19(17)24)14-28-7-9-31-10-8-28/h3-6,11-13,27H,2,7-10,14H2,1H3. The smallest absolute Gasteiger partial charge is 0.343 e. The Bertz CT molecular complexity index is 1020. The molecular weight excluding hydrogens is 425 g/mol. The number of carbonyl (C=O) groups excluding carboxylic acids is 2. The van der Waals surface area contributed by atoms with Crippen LogP contribution in [0, 0.1) is 17.5 Å². The fourth-order valence-corrected chi connectivity index (χ4v) is 3.17. The van der Waals surface area contributed by atoms with Gasteiger partial charge in [0, 0.05) is 37.6 Å². The molecule has 0 aromatic heterocycles. The minimum atomic E-state index is -1.10. The molecule has 0 atom stereocenters. The largest absolute Gasteiger partial charge is 0.462 e. The normalized spacial score (nSPS) is 14.8. The van der Waals surface area contributed by atoms with Crippen molar-refractivity contribution in [3.8, 4) is 0 Å². The third-order valence-corrected chi connectivity index (χ3v) is 4.83. The Labute approximate surface area is 183 Å². The summed E-state index contributed by atoms with van der Waals surface area (Å²) in [4.78, 5) is 27.5. The number of morpholine rings is 1. The molecule has 32 heavy (non-hydrogen) atoms. The number of esters is 1. The Hall–Kier alpha value is -3.17. The van der Waals surface area contributed by atoms with Crippen molar-refractivity contribution in [3.63, 3.8) is 0 Å². The molecule has 0 saturated carbocycles. The van der Waals surface area contributed by atoms with E-state index in [4.69, 9.17) is 9.47 Å². The van der Waals surface area contributed by atoms with Crippen molar-refractivity contribution in [2.75, 3.05) is 38.2 Å². The molecule has 1 fully saturated rings. The molecule has 0 amide bonds. The number of nitrogens with one attached hydrogen (secondary N) is 1. The number of rotatable bonds is 8. The van der Waals surface area contributed by atoms with Gasteiger partial charge in [0.2, 0.25) is 5.78 Å². The molecule has 0 spiro atoms. The van der Waals surface area contributed by atoms with E-state index in [1.807, 2.05) is 0 Å². The van der Waals surface area contributed by atoms with Gasteiger partial charge in [0.25, 0.3) is 0 Å². The van der Waals surface area contributed by atoms with Gasteiger partial charge in [-0.1, -0.05) is 6.07 Å². The maximum Gasteiger partial charge on any atom is 0.343 e. The van der Waals surface area contributed by atoms with Crippen LogP contribution in [0.1, 0.15) is 22.8 Å². The third-order valence-electron chi connectivity index (χ3n) is 4.83. The second-order valence-corrected chi connectivity index (χ2v) is 7.08. The van der Waals surface area contributed by atoms with Crippen molar-refractivity contribution in [2.24, 2.45) is 0 Å². The Morgan fingerprint density at radius 2 is 1.78 bits per heavy atom. The molecule has 2 aromatic rings. The van der Waals surface area contributed by atoms with Crippen molar-refractivity contribution in [1.29, 1.82) is 0 Å². The number of hydrogen-bond acceptors (Lipinski definition) is 6. The lowest BCUT2D eigenvalue weighted by molar-refractivity contribution is -0.138. The number of nitrogens with zero attached hydrogens (tertiary/aromatic N) is 1. The van der Waals surface area contributed by atoms with Gasteiger partial charge < -0.3 is 14.8 Å². The Morgan fingerprint density at radius 3 is 2.47 bits per heavy atom. The van der Waals surface area contributed by atoms with Crippen molar-refractivity contribution in [2.45, 2.75) is 13.5 Å². The molecule has 0 radical (unpaired) electrons. The minimum absolute atomic E-state index is 0.00577. The van der Waals surface area contributed by atoms with Crippen LogP contribution in [0.3, 0.4) is 0 Å². The topological polar surface area (TPSA) is 67.9 Å². The van der Waals surface area contributed by atoms with Crippen LogP contribution in [0.4, 0.5) is 18.9 Å². The van der Waals surface area contributed by atoms with E-state index in [0.717, 1.165) is 18.3 Å². The van der Waals surface area contributed by atoms with Gasteiger partial charge in [-0.2, -0.15) is 0 Å². The summed E-state index contributed by atoms with van der Waals surface area (Å²) in [6.45, 7) is 4.67. The SMILES string of the molecule is CCOC(=O)C(=CNc1ccc(F)c(F)c1)C(=O)c1cc(CN2CCOCC2)ccc1F. The molecule has 1 heterocycles. The summed E-state index contributed by atoms with van der Waals surface area (Å²) in [5, 5.41) is 2.57. The summed E-state index contributed by atoms with van der Waals surface area (Å²) in [5.41, 5.74) is 0.0367. The second kappa shape index (κ2) is 10.9. The summed E-state index contributed by atoms with van der Waals surface area (Å²) < 4.78 is 51.3. The second-order valence-electron chi connectivity index (χ2n) is 7.08. The number of carbonyl (C=O) groups is 2. The molecule has 1 N–H and O–H groups in total.